The normalized spacial score (nSPS) is 24.4. The van der Waals surface area contributed by atoms with E-state index in [0.29, 0.717) is 31.1 Å². The quantitative estimate of drug-likeness (QED) is 0.675. The van der Waals surface area contributed by atoms with Gasteiger partial charge in [-0.25, -0.2) is 13.4 Å². The van der Waals surface area contributed by atoms with Crippen LogP contribution in [0.3, 0.4) is 0 Å². The van der Waals surface area contributed by atoms with Crippen molar-refractivity contribution >= 4 is 32.7 Å². The number of fused-ring (bicyclic) bond motifs is 1. The molecule has 2 atom stereocenters. The van der Waals surface area contributed by atoms with Crippen molar-refractivity contribution in [3.05, 3.63) is 30.3 Å². The number of carbonyl (C=O) groups excluding carboxylic acids is 1. The van der Waals surface area contributed by atoms with Gasteiger partial charge in [0.25, 0.3) is 0 Å². The van der Waals surface area contributed by atoms with Crippen LogP contribution in [-0.4, -0.2) is 69.0 Å². The number of amides is 1. The topological polar surface area (TPSA) is 91.8 Å². The lowest BCUT2D eigenvalue weighted by molar-refractivity contribution is -0.125. The minimum Gasteiger partial charge on any atom is -0.376 e. The first-order valence-electron chi connectivity index (χ1n) is 12.6. The Hall–Kier alpha value is -2.23. The summed E-state index contributed by atoms with van der Waals surface area (Å²) in [7, 11) is -3.47. The van der Waals surface area contributed by atoms with Gasteiger partial charge in [0.1, 0.15) is 5.82 Å². The van der Waals surface area contributed by atoms with Crippen LogP contribution in [0.1, 0.15) is 44.9 Å². The molecule has 0 unspecified atom stereocenters. The van der Waals surface area contributed by atoms with Gasteiger partial charge in [-0.3, -0.25) is 4.79 Å². The second-order valence-corrected chi connectivity index (χ2v) is 11.6. The summed E-state index contributed by atoms with van der Waals surface area (Å²) < 4.78 is 33.3. The molecule has 0 bridgehead atoms. The highest BCUT2D eigenvalue weighted by atomic mass is 32.2. The average molecular weight is 487 g/mol. The van der Waals surface area contributed by atoms with Gasteiger partial charge in [0.15, 0.2) is 0 Å². The molecule has 0 aliphatic carbocycles. The Morgan fingerprint density at radius 3 is 2.68 bits per heavy atom. The lowest BCUT2D eigenvalue weighted by Gasteiger charge is -2.33. The minimum absolute atomic E-state index is 0.0651. The number of sulfonamides is 1. The minimum atomic E-state index is -3.47. The van der Waals surface area contributed by atoms with Crippen molar-refractivity contribution in [2.75, 3.05) is 44.2 Å². The van der Waals surface area contributed by atoms with Crippen molar-refractivity contribution in [1.82, 2.24) is 14.6 Å². The molecule has 8 nitrogen and oxygen atoms in total. The van der Waals surface area contributed by atoms with Crippen LogP contribution in [0.5, 0.6) is 0 Å². The number of hydrogen-bond acceptors (Lipinski definition) is 6. The van der Waals surface area contributed by atoms with E-state index < -0.39 is 10.0 Å². The van der Waals surface area contributed by atoms with Crippen LogP contribution in [0.4, 0.5) is 5.82 Å². The Morgan fingerprint density at radius 2 is 1.88 bits per heavy atom. The molecule has 184 valence electrons. The van der Waals surface area contributed by atoms with E-state index in [1.165, 1.54) is 0 Å². The molecule has 0 saturated carbocycles. The molecule has 2 aromatic rings. The van der Waals surface area contributed by atoms with Gasteiger partial charge in [-0.05, 0) is 68.9 Å². The number of nitrogens with one attached hydrogen (secondary N) is 1. The molecular weight excluding hydrogens is 452 g/mol. The summed E-state index contributed by atoms with van der Waals surface area (Å²) in [5.74, 6) is 0.856. The van der Waals surface area contributed by atoms with Gasteiger partial charge < -0.3 is 15.0 Å². The van der Waals surface area contributed by atoms with Crippen molar-refractivity contribution in [3.63, 3.8) is 0 Å². The molecule has 0 radical (unpaired) electrons. The summed E-state index contributed by atoms with van der Waals surface area (Å²) in [4.78, 5) is 20.0. The zero-order valence-electron chi connectivity index (χ0n) is 19.6. The van der Waals surface area contributed by atoms with Gasteiger partial charge in [0.05, 0.1) is 22.4 Å². The number of nitrogens with zero attached hydrogens (tertiary/aromatic N) is 3. The molecule has 1 N–H and O–H groups in total. The summed E-state index contributed by atoms with van der Waals surface area (Å²) in [5.41, 5.74) is 0.764. The second kappa shape index (κ2) is 10.2. The Labute approximate surface area is 201 Å². The molecule has 1 aromatic heterocycles. The first-order valence-corrected chi connectivity index (χ1v) is 14.0. The fourth-order valence-electron chi connectivity index (χ4n) is 5.25. The summed E-state index contributed by atoms with van der Waals surface area (Å²) in [6.45, 7) is 4.06. The highest BCUT2D eigenvalue weighted by Crippen LogP contribution is 2.27. The molecular formula is C25H34N4O4S. The summed E-state index contributed by atoms with van der Waals surface area (Å²) in [6.07, 6.45) is 6.96. The summed E-state index contributed by atoms with van der Waals surface area (Å²) >= 11 is 0. The van der Waals surface area contributed by atoms with E-state index in [0.717, 1.165) is 74.8 Å². The largest absolute Gasteiger partial charge is 0.376 e. The van der Waals surface area contributed by atoms with Crippen molar-refractivity contribution < 1.29 is 17.9 Å². The monoisotopic (exact) mass is 486 g/mol. The third-order valence-electron chi connectivity index (χ3n) is 7.24. The Balaban J connectivity index is 1.27. The van der Waals surface area contributed by atoms with Crippen LogP contribution < -0.4 is 10.2 Å². The standard InChI is InChI=1S/C25H34N4O4S/c30-25(26-17-21-7-5-15-33-21)20-6-4-12-28(18-20)24-11-8-19-16-22(9-10-23(19)27-24)34(31,32)29-13-2-1-3-14-29/h8-11,16,20-21H,1-7,12-15,17-18H2,(H,26,30)/t20-,21+/m0/s1. The van der Waals surface area contributed by atoms with Gasteiger partial charge in [-0.15, -0.1) is 0 Å². The molecule has 1 aromatic carbocycles. The smallest absolute Gasteiger partial charge is 0.243 e. The van der Waals surface area contributed by atoms with Crippen LogP contribution in [0.2, 0.25) is 0 Å². The van der Waals surface area contributed by atoms with Crippen molar-refractivity contribution in [2.24, 2.45) is 5.92 Å². The van der Waals surface area contributed by atoms with E-state index in [-0.39, 0.29) is 17.9 Å². The molecule has 1 amide bonds. The SMILES string of the molecule is O=C(NC[C@H]1CCCO1)[C@H]1CCCN(c2ccc3cc(S(=O)(=O)N4CCCCC4)ccc3n2)C1. The lowest BCUT2D eigenvalue weighted by atomic mass is 9.97. The Bertz CT molecular complexity index is 1130. The first kappa shape index (κ1) is 23.5. The highest BCUT2D eigenvalue weighted by molar-refractivity contribution is 7.89. The van der Waals surface area contributed by atoms with E-state index in [4.69, 9.17) is 9.72 Å². The average Bonchev–Trinajstić information content (AvgIpc) is 3.41. The molecule has 34 heavy (non-hydrogen) atoms. The maximum atomic E-state index is 13.0. The number of aromatic nitrogens is 1. The Morgan fingerprint density at radius 1 is 1.03 bits per heavy atom. The molecule has 4 heterocycles. The molecule has 3 saturated heterocycles. The zero-order valence-corrected chi connectivity index (χ0v) is 20.4. The van der Waals surface area contributed by atoms with Gasteiger partial charge in [-0.1, -0.05) is 6.42 Å². The summed E-state index contributed by atoms with van der Waals surface area (Å²) in [6, 6.07) is 9.07. The van der Waals surface area contributed by atoms with Gasteiger partial charge >= 0.3 is 0 Å². The number of pyridine rings is 1. The third-order valence-corrected chi connectivity index (χ3v) is 9.14. The van der Waals surface area contributed by atoms with Crippen LogP contribution in [0, 0.1) is 5.92 Å². The predicted octanol–water partition coefficient (Wildman–Crippen LogP) is 2.92. The number of benzene rings is 1. The molecule has 9 heteroatoms. The maximum absolute atomic E-state index is 13.0. The molecule has 3 aliphatic rings. The first-order chi connectivity index (χ1) is 16.5. The van der Waals surface area contributed by atoms with Crippen molar-refractivity contribution in [3.8, 4) is 0 Å². The molecule has 3 aliphatic heterocycles. The molecule has 0 spiro atoms. The van der Waals surface area contributed by atoms with Crippen molar-refractivity contribution in [2.45, 2.75) is 55.9 Å². The maximum Gasteiger partial charge on any atom is 0.243 e. The lowest BCUT2D eigenvalue weighted by Crippen LogP contribution is -2.44. The van der Waals surface area contributed by atoms with Crippen molar-refractivity contribution in [1.29, 1.82) is 0 Å². The van der Waals surface area contributed by atoms with E-state index in [2.05, 4.69) is 10.2 Å². The van der Waals surface area contributed by atoms with Gasteiger partial charge in [-0.2, -0.15) is 4.31 Å². The van der Waals surface area contributed by atoms with E-state index in [1.54, 1.807) is 22.5 Å². The van der Waals surface area contributed by atoms with Gasteiger partial charge in [0, 0.05) is 44.7 Å². The fraction of sp³-hybridized carbons (Fsp3) is 0.600. The summed E-state index contributed by atoms with van der Waals surface area (Å²) in [5, 5.41) is 3.88. The van der Waals surface area contributed by atoms with Crippen LogP contribution >= 0.6 is 0 Å². The molecule has 5 rings (SSSR count). The zero-order chi connectivity index (χ0) is 23.5. The molecule has 3 fully saturated rings. The number of ether oxygens (including phenoxy) is 1. The highest BCUT2D eigenvalue weighted by Gasteiger charge is 2.28. The number of piperidine rings is 2. The van der Waals surface area contributed by atoms with Crippen LogP contribution in [0.25, 0.3) is 10.9 Å². The number of rotatable bonds is 6. The van der Waals surface area contributed by atoms with Crippen LogP contribution in [0.15, 0.2) is 35.2 Å². The predicted molar refractivity (Wildman–Crippen MR) is 131 cm³/mol. The van der Waals surface area contributed by atoms with Gasteiger partial charge in [0.2, 0.25) is 15.9 Å². The van der Waals surface area contributed by atoms with E-state index in [9.17, 15) is 13.2 Å². The number of anilines is 1. The van der Waals surface area contributed by atoms with E-state index in [1.807, 2.05) is 12.1 Å². The fourth-order valence-corrected chi connectivity index (χ4v) is 6.80. The second-order valence-electron chi connectivity index (χ2n) is 9.65. The number of carbonyl (C=O) groups is 1. The Kier molecular flexibility index (Phi) is 7.04. The third kappa shape index (κ3) is 5.06. The van der Waals surface area contributed by atoms with Crippen LogP contribution in [-0.2, 0) is 19.6 Å². The number of hydrogen-bond donors (Lipinski definition) is 1. The van der Waals surface area contributed by atoms with E-state index >= 15 is 0 Å².